The molecule has 0 bridgehead atoms. The van der Waals surface area contributed by atoms with Crippen molar-refractivity contribution in [2.75, 3.05) is 24.6 Å². The van der Waals surface area contributed by atoms with Gasteiger partial charge >= 0.3 is 0 Å². The van der Waals surface area contributed by atoms with Crippen LogP contribution in [0, 0.1) is 0 Å². The van der Waals surface area contributed by atoms with E-state index >= 15 is 0 Å². The zero-order valence-electron chi connectivity index (χ0n) is 21.8. The monoisotopic (exact) mass is 462 g/mol. The summed E-state index contributed by atoms with van der Waals surface area (Å²) in [7, 11) is -0.606. The van der Waals surface area contributed by atoms with E-state index in [-0.39, 0.29) is 12.4 Å². The maximum absolute atomic E-state index is 2.50. The highest BCUT2D eigenvalue weighted by molar-refractivity contribution is 7.75. The minimum atomic E-state index is -0.606. The Kier molecular flexibility index (Phi) is 28.5. The molecule has 0 saturated heterocycles. The topological polar surface area (TPSA) is 0 Å². The van der Waals surface area contributed by atoms with Crippen molar-refractivity contribution >= 4 is 7.26 Å². The van der Waals surface area contributed by atoms with Crippen LogP contribution in [0.25, 0.3) is 0 Å². The van der Waals surface area contributed by atoms with Crippen LogP contribution in [0.4, 0.5) is 0 Å². The molecule has 0 aromatic heterocycles. The second-order valence-electron chi connectivity index (χ2n) is 9.79. The third-order valence-electron chi connectivity index (χ3n) is 7.31. The van der Waals surface area contributed by atoms with Crippen molar-refractivity contribution in [1.29, 1.82) is 0 Å². The van der Waals surface area contributed by atoms with E-state index in [4.69, 9.17) is 0 Å². The molecule has 0 atom stereocenters. The molecule has 30 heavy (non-hydrogen) atoms. The first-order valence-corrected chi connectivity index (χ1v) is 16.6. The van der Waals surface area contributed by atoms with Crippen molar-refractivity contribution < 1.29 is 12.4 Å². The minimum Gasteiger partial charge on any atom is -1.00 e. The van der Waals surface area contributed by atoms with Crippen molar-refractivity contribution in [2.45, 2.75) is 156 Å². The van der Waals surface area contributed by atoms with Crippen molar-refractivity contribution in [3.05, 3.63) is 0 Å². The molecule has 0 fully saturated rings. The van der Waals surface area contributed by atoms with Crippen molar-refractivity contribution in [3.63, 3.8) is 0 Å². The van der Waals surface area contributed by atoms with E-state index in [1.807, 2.05) is 0 Å². The Morgan fingerprint density at radius 2 is 0.567 bits per heavy atom. The highest BCUT2D eigenvalue weighted by Gasteiger charge is 2.31. The van der Waals surface area contributed by atoms with Crippen LogP contribution < -0.4 is 12.4 Å². The van der Waals surface area contributed by atoms with E-state index in [0.717, 1.165) is 0 Å². The number of hydrogen-bond acceptors (Lipinski definition) is 0. The van der Waals surface area contributed by atoms with E-state index in [9.17, 15) is 0 Å². The van der Waals surface area contributed by atoms with Gasteiger partial charge in [-0.15, -0.1) is 0 Å². The van der Waals surface area contributed by atoms with Gasteiger partial charge in [0.25, 0.3) is 0 Å². The molecule has 0 rings (SSSR count). The van der Waals surface area contributed by atoms with Gasteiger partial charge in [0.2, 0.25) is 0 Å². The Hall–Kier alpha value is 0.720. The molecule has 0 aromatic carbocycles. The molecule has 0 unspecified atom stereocenters. The molecule has 0 aliphatic carbocycles. The summed E-state index contributed by atoms with van der Waals surface area (Å²) in [6.45, 7) is 9.63. The lowest BCUT2D eigenvalue weighted by atomic mass is 10.1. The van der Waals surface area contributed by atoms with Gasteiger partial charge in [-0.2, -0.15) is 0 Å². The van der Waals surface area contributed by atoms with Gasteiger partial charge in [-0.05, 0) is 39.5 Å². The van der Waals surface area contributed by atoms with Crippen LogP contribution in [0.5, 0.6) is 0 Å². The van der Waals surface area contributed by atoms with Crippen LogP contribution in [0.2, 0.25) is 0 Å². The molecule has 0 aliphatic heterocycles. The SMILES string of the molecule is CCCCCCCCCCCC[P+](CC)(CC)CCCCCCCCCCCC.[Cl-]. The fourth-order valence-electron chi connectivity index (χ4n) is 4.84. The molecular formula is C28H60ClP. The molecule has 0 aromatic rings. The Morgan fingerprint density at radius 3 is 0.800 bits per heavy atom. The maximum Gasteiger partial charge on any atom is 0.0594 e. The molecule has 0 nitrogen and oxygen atoms in total. The van der Waals surface area contributed by atoms with Gasteiger partial charge in [0.15, 0.2) is 0 Å². The van der Waals surface area contributed by atoms with Crippen LogP contribution in [0.3, 0.4) is 0 Å². The third-order valence-corrected chi connectivity index (χ3v) is 12.5. The highest BCUT2D eigenvalue weighted by Crippen LogP contribution is 2.59. The summed E-state index contributed by atoms with van der Waals surface area (Å²) < 4.78 is 0. The predicted octanol–water partition coefficient (Wildman–Crippen LogP) is 7.89. The number of unbranched alkanes of at least 4 members (excludes halogenated alkanes) is 18. The standard InChI is InChI=1S/C28H60P.ClH/c1-5-9-11-13-15-17-19-21-23-25-27-29(7-3,8-4)28-26-24-22-20-18-16-14-12-10-6-2;/h5-28H2,1-4H3;1H/q+1;/p-1. The summed E-state index contributed by atoms with van der Waals surface area (Å²) in [6.07, 6.45) is 35.8. The Bertz CT molecular complexity index is 275. The van der Waals surface area contributed by atoms with Crippen molar-refractivity contribution in [1.82, 2.24) is 0 Å². The molecule has 0 amide bonds. The first kappa shape index (κ1) is 32.9. The highest BCUT2D eigenvalue weighted by atomic mass is 35.5. The van der Waals surface area contributed by atoms with Crippen molar-refractivity contribution in [2.24, 2.45) is 0 Å². The van der Waals surface area contributed by atoms with Gasteiger partial charge in [0, 0.05) is 7.26 Å². The average Bonchev–Trinajstić information content (AvgIpc) is 2.75. The number of hydrogen-bond donors (Lipinski definition) is 0. The van der Waals surface area contributed by atoms with Crippen LogP contribution in [-0.4, -0.2) is 24.6 Å². The zero-order chi connectivity index (χ0) is 21.5. The molecule has 0 spiro atoms. The van der Waals surface area contributed by atoms with Gasteiger partial charge in [0.1, 0.15) is 0 Å². The fourth-order valence-corrected chi connectivity index (χ4v) is 8.56. The Balaban J connectivity index is 0. The van der Waals surface area contributed by atoms with Crippen LogP contribution in [0.15, 0.2) is 0 Å². The van der Waals surface area contributed by atoms with Gasteiger partial charge in [-0.25, -0.2) is 0 Å². The Labute approximate surface area is 200 Å². The van der Waals surface area contributed by atoms with Gasteiger partial charge < -0.3 is 12.4 Å². The summed E-state index contributed by atoms with van der Waals surface area (Å²) in [5.41, 5.74) is 0. The summed E-state index contributed by atoms with van der Waals surface area (Å²) in [5, 5.41) is 0. The van der Waals surface area contributed by atoms with E-state index < -0.39 is 7.26 Å². The van der Waals surface area contributed by atoms with Gasteiger partial charge in [-0.3, -0.25) is 0 Å². The molecule has 184 valence electrons. The predicted molar refractivity (Wildman–Crippen MR) is 141 cm³/mol. The second kappa shape index (κ2) is 26.0. The smallest absolute Gasteiger partial charge is 0.0594 e. The molecule has 0 heterocycles. The number of rotatable bonds is 24. The molecule has 0 aliphatic rings. The summed E-state index contributed by atoms with van der Waals surface area (Å²) in [6, 6.07) is 0. The van der Waals surface area contributed by atoms with E-state index in [1.165, 1.54) is 141 Å². The summed E-state index contributed by atoms with van der Waals surface area (Å²) in [4.78, 5) is 0. The maximum atomic E-state index is 2.50. The second-order valence-corrected chi connectivity index (χ2v) is 14.6. The lowest BCUT2D eigenvalue weighted by Gasteiger charge is -2.25. The average molecular weight is 463 g/mol. The minimum absolute atomic E-state index is 0. The molecule has 0 saturated carbocycles. The van der Waals surface area contributed by atoms with Crippen molar-refractivity contribution in [3.8, 4) is 0 Å². The zero-order valence-corrected chi connectivity index (χ0v) is 23.4. The lowest BCUT2D eigenvalue weighted by Crippen LogP contribution is -3.00. The molecule has 0 radical (unpaired) electrons. The fraction of sp³-hybridized carbons (Fsp3) is 1.00. The Morgan fingerprint density at radius 1 is 0.333 bits per heavy atom. The molecule has 0 N–H and O–H groups in total. The van der Waals surface area contributed by atoms with Crippen LogP contribution in [-0.2, 0) is 0 Å². The first-order valence-electron chi connectivity index (χ1n) is 14.1. The largest absolute Gasteiger partial charge is 1.00 e. The third kappa shape index (κ3) is 20.6. The summed E-state index contributed by atoms with van der Waals surface area (Å²) >= 11 is 0. The van der Waals surface area contributed by atoms with E-state index in [1.54, 1.807) is 12.3 Å². The van der Waals surface area contributed by atoms with Crippen LogP contribution >= 0.6 is 7.26 Å². The van der Waals surface area contributed by atoms with E-state index in [2.05, 4.69) is 27.7 Å². The first-order chi connectivity index (χ1) is 14.2. The van der Waals surface area contributed by atoms with E-state index in [0.29, 0.717) is 0 Å². The van der Waals surface area contributed by atoms with Gasteiger partial charge in [-0.1, -0.05) is 117 Å². The van der Waals surface area contributed by atoms with Gasteiger partial charge in [0.05, 0.1) is 24.6 Å². The van der Waals surface area contributed by atoms with Crippen LogP contribution in [0.1, 0.15) is 156 Å². The lowest BCUT2D eigenvalue weighted by molar-refractivity contribution is -0.00000664. The normalized spacial score (nSPS) is 11.6. The summed E-state index contributed by atoms with van der Waals surface area (Å²) in [5.74, 6) is 0. The molecular weight excluding hydrogens is 403 g/mol. The quantitative estimate of drug-likeness (QED) is 0.101. The number of halogens is 1. The molecule has 2 heteroatoms.